The second-order valence-corrected chi connectivity index (χ2v) is 8.31. The van der Waals surface area contributed by atoms with E-state index in [-0.39, 0.29) is 12.2 Å². The summed E-state index contributed by atoms with van der Waals surface area (Å²) in [6.07, 6.45) is 3.00. The molecule has 0 aromatic heterocycles. The predicted octanol–water partition coefficient (Wildman–Crippen LogP) is 2.46. The van der Waals surface area contributed by atoms with Gasteiger partial charge in [-0.2, -0.15) is 0 Å². The van der Waals surface area contributed by atoms with E-state index in [1.54, 1.807) is 6.07 Å². The minimum atomic E-state index is -3.29. The minimum absolute atomic E-state index is 0.214. The van der Waals surface area contributed by atoms with Crippen LogP contribution in [0.2, 0.25) is 0 Å². The molecule has 106 valence electrons. The van der Waals surface area contributed by atoms with Crippen LogP contribution in [-0.4, -0.2) is 30.6 Å². The van der Waals surface area contributed by atoms with Gasteiger partial charge in [-0.05, 0) is 37.0 Å². The molecule has 1 saturated carbocycles. The fourth-order valence-electron chi connectivity index (χ4n) is 2.83. The van der Waals surface area contributed by atoms with E-state index in [1.807, 2.05) is 0 Å². The second-order valence-electron chi connectivity index (χ2n) is 5.23. The van der Waals surface area contributed by atoms with Gasteiger partial charge in [0.05, 0.1) is 10.9 Å². The molecule has 1 aliphatic rings. The number of halogens is 2. The van der Waals surface area contributed by atoms with Gasteiger partial charge in [-0.3, -0.25) is 0 Å². The quantitative estimate of drug-likeness (QED) is 0.910. The lowest BCUT2D eigenvalue weighted by molar-refractivity contribution is 0.0511. The van der Waals surface area contributed by atoms with Crippen molar-refractivity contribution in [3.8, 4) is 0 Å². The zero-order valence-corrected chi connectivity index (χ0v) is 13.0. The van der Waals surface area contributed by atoms with Crippen molar-refractivity contribution < 1.29 is 17.9 Å². The van der Waals surface area contributed by atoms with Crippen molar-refractivity contribution in [2.75, 3.05) is 6.26 Å². The van der Waals surface area contributed by atoms with Gasteiger partial charge in [-0.1, -0.05) is 22.0 Å². The summed E-state index contributed by atoms with van der Waals surface area (Å²) in [7, 11) is -3.29. The largest absolute Gasteiger partial charge is 0.388 e. The Morgan fingerprint density at radius 2 is 2.21 bits per heavy atom. The van der Waals surface area contributed by atoms with Gasteiger partial charge >= 0.3 is 0 Å². The summed E-state index contributed by atoms with van der Waals surface area (Å²) < 4.78 is 37.1. The van der Waals surface area contributed by atoms with Gasteiger partial charge in [0.25, 0.3) is 0 Å². The average molecular weight is 351 g/mol. The molecule has 1 N–H and O–H groups in total. The van der Waals surface area contributed by atoms with Crippen molar-refractivity contribution in [2.24, 2.45) is 0 Å². The highest BCUT2D eigenvalue weighted by Gasteiger charge is 2.46. The van der Waals surface area contributed by atoms with Crippen LogP contribution in [0.4, 0.5) is 4.39 Å². The van der Waals surface area contributed by atoms with E-state index < -0.39 is 20.7 Å². The van der Waals surface area contributed by atoms with Gasteiger partial charge in [0.15, 0.2) is 9.84 Å². The zero-order valence-electron chi connectivity index (χ0n) is 10.6. The first kappa shape index (κ1) is 14.9. The Hall–Kier alpha value is -0.460. The fourth-order valence-corrected chi connectivity index (χ4v) is 4.92. The van der Waals surface area contributed by atoms with Crippen LogP contribution in [0, 0.1) is 5.82 Å². The molecule has 1 aromatic rings. The molecule has 6 heteroatoms. The average Bonchev–Trinajstić information content (AvgIpc) is 2.64. The van der Waals surface area contributed by atoms with Crippen LogP contribution in [0.15, 0.2) is 22.7 Å². The standard InChI is InChI=1S/C13H16BrFO3S/c1-19(17,18)12-3-2-6-13(12,16)8-9-4-5-10(15)7-11(9)14/h4-5,7,12,16H,2-3,6,8H2,1H3. The molecule has 19 heavy (non-hydrogen) atoms. The SMILES string of the molecule is CS(=O)(=O)C1CCCC1(O)Cc1ccc(F)cc1Br. The summed E-state index contributed by atoms with van der Waals surface area (Å²) in [5.41, 5.74) is -0.534. The van der Waals surface area contributed by atoms with E-state index in [1.165, 1.54) is 12.1 Å². The predicted molar refractivity (Wildman–Crippen MR) is 75.2 cm³/mol. The Morgan fingerprint density at radius 1 is 1.53 bits per heavy atom. The Labute approximate surface area is 120 Å². The maximum absolute atomic E-state index is 13.0. The molecule has 3 nitrogen and oxygen atoms in total. The highest BCUT2D eigenvalue weighted by atomic mass is 79.9. The molecule has 1 aliphatic carbocycles. The fraction of sp³-hybridized carbons (Fsp3) is 0.538. The normalized spacial score (nSPS) is 27.7. The van der Waals surface area contributed by atoms with E-state index in [0.29, 0.717) is 23.7 Å². The van der Waals surface area contributed by atoms with Crippen LogP contribution in [0.25, 0.3) is 0 Å². The van der Waals surface area contributed by atoms with Gasteiger partial charge < -0.3 is 5.11 Å². The van der Waals surface area contributed by atoms with Crippen molar-refractivity contribution in [1.82, 2.24) is 0 Å². The summed E-state index contributed by atoms with van der Waals surface area (Å²) in [5.74, 6) is -0.367. The first-order chi connectivity index (χ1) is 8.72. The van der Waals surface area contributed by atoms with Crippen LogP contribution >= 0.6 is 15.9 Å². The smallest absolute Gasteiger partial charge is 0.153 e. The Balaban J connectivity index is 2.30. The van der Waals surface area contributed by atoms with E-state index in [0.717, 1.165) is 11.8 Å². The number of aliphatic hydroxyl groups is 1. The summed E-state index contributed by atoms with van der Waals surface area (Å²) in [6, 6.07) is 4.21. The van der Waals surface area contributed by atoms with Crippen molar-refractivity contribution in [1.29, 1.82) is 0 Å². The Bertz CT molecular complexity index is 588. The number of hydrogen-bond donors (Lipinski definition) is 1. The number of sulfone groups is 1. The van der Waals surface area contributed by atoms with Crippen LogP contribution in [0.5, 0.6) is 0 Å². The maximum atomic E-state index is 13.0. The van der Waals surface area contributed by atoms with E-state index in [4.69, 9.17) is 0 Å². The number of rotatable bonds is 3. The number of benzene rings is 1. The molecule has 1 fully saturated rings. The number of hydrogen-bond acceptors (Lipinski definition) is 3. The minimum Gasteiger partial charge on any atom is -0.388 e. The summed E-state index contributed by atoms with van der Waals surface area (Å²) >= 11 is 3.25. The first-order valence-corrected chi connectivity index (χ1v) is 8.82. The maximum Gasteiger partial charge on any atom is 0.153 e. The third-order valence-electron chi connectivity index (χ3n) is 3.70. The molecule has 0 bridgehead atoms. The molecule has 2 atom stereocenters. The van der Waals surface area contributed by atoms with Crippen molar-refractivity contribution in [3.05, 3.63) is 34.1 Å². The van der Waals surface area contributed by atoms with E-state index in [2.05, 4.69) is 15.9 Å². The van der Waals surface area contributed by atoms with Crippen molar-refractivity contribution >= 4 is 25.8 Å². The van der Waals surface area contributed by atoms with Gasteiger partial charge in [-0.15, -0.1) is 0 Å². The lowest BCUT2D eigenvalue weighted by atomic mass is 9.92. The van der Waals surface area contributed by atoms with Crippen LogP contribution in [0.3, 0.4) is 0 Å². The van der Waals surface area contributed by atoms with Crippen molar-refractivity contribution in [3.63, 3.8) is 0 Å². The third-order valence-corrected chi connectivity index (χ3v) is 6.15. The molecule has 2 unspecified atom stereocenters. The lowest BCUT2D eigenvalue weighted by Gasteiger charge is -2.29. The topological polar surface area (TPSA) is 54.4 Å². The molecule has 0 spiro atoms. The monoisotopic (exact) mass is 350 g/mol. The molecule has 1 aromatic carbocycles. The molecular formula is C13H16BrFO3S. The Morgan fingerprint density at radius 3 is 2.79 bits per heavy atom. The van der Waals surface area contributed by atoms with Crippen LogP contribution in [0.1, 0.15) is 24.8 Å². The van der Waals surface area contributed by atoms with Crippen molar-refractivity contribution in [2.45, 2.75) is 36.5 Å². The molecule has 0 heterocycles. The van der Waals surface area contributed by atoms with E-state index >= 15 is 0 Å². The van der Waals surface area contributed by atoms with Crippen LogP contribution < -0.4 is 0 Å². The first-order valence-electron chi connectivity index (χ1n) is 6.07. The molecule has 0 amide bonds. The highest BCUT2D eigenvalue weighted by molar-refractivity contribution is 9.10. The Kier molecular flexibility index (Phi) is 4.05. The second kappa shape index (κ2) is 5.14. The molecule has 0 radical (unpaired) electrons. The summed E-state index contributed by atoms with van der Waals surface area (Å²) in [5, 5.41) is 9.90. The molecule has 0 aliphatic heterocycles. The van der Waals surface area contributed by atoms with E-state index in [9.17, 15) is 17.9 Å². The molecular weight excluding hydrogens is 335 g/mol. The van der Waals surface area contributed by atoms with Gasteiger partial charge in [0.1, 0.15) is 5.82 Å². The van der Waals surface area contributed by atoms with Gasteiger partial charge in [0.2, 0.25) is 0 Å². The molecule has 2 rings (SSSR count). The van der Waals surface area contributed by atoms with Gasteiger partial charge in [0, 0.05) is 17.1 Å². The highest BCUT2D eigenvalue weighted by Crippen LogP contribution is 2.38. The summed E-state index contributed by atoms with van der Waals surface area (Å²) in [4.78, 5) is 0. The lowest BCUT2D eigenvalue weighted by Crippen LogP contribution is -2.44. The van der Waals surface area contributed by atoms with Gasteiger partial charge in [-0.25, -0.2) is 12.8 Å². The van der Waals surface area contributed by atoms with Crippen LogP contribution in [-0.2, 0) is 16.3 Å². The zero-order chi connectivity index (χ0) is 14.3. The third kappa shape index (κ3) is 3.17. The molecule has 0 saturated heterocycles. The summed E-state index contributed by atoms with van der Waals surface area (Å²) in [6.45, 7) is 0.